The molecule has 2 aliphatic rings. The SMILES string of the molecule is CCCNC(c1cc2c(cc1Br)OCCO2)C(C)C1CC1. The van der Waals surface area contributed by atoms with E-state index in [1.165, 1.54) is 18.4 Å². The predicted octanol–water partition coefficient (Wildman–Crippen LogP) is 4.31. The third kappa shape index (κ3) is 3.37. The smallest absolute Gasteiger partial charge is 0.162 e. The van der Waals surface area contributed by atoms with Gasteiger partial charge in [-0.1, -0.05) is 29.8 Å². The maximum atomic E-state index is 5.76. The molecule has 4 heteroatoms. The Kier molecular flexibility index (Phi) is 4.75. The van der Waals surface area contributed by atoms with E-state index in [1.807, 2.05) is 0 Å². The highest BCUT2D eigenvalue weighted by atomic mass is 79.9. The van der Waals surface area contributed by atoms with Gasteiger partial charge in [-0.15, -0.1) is 0 Å². The highest BCUT2D eigenvalue weighted by Gasteiger charge is 2.35. The fraction of sp³-hybridized carbons (Fsp3) is 0.647. The van der Waals surface area contributed by atoms with Gasteiger partial charge in [0, 0.05) is 10.5 Å². The van der Waals surface area contributed by atoms with Crippen molar-refractivity contribution in [3.63, 3.8) is 0 Å². The minimum absolute atomic E-state index is 0.377. The van der Waals surface area contributed by atoms with Gasteiger partial charge in [0.2, 0.25) is 0 Å². The standard InChI is InChI=1S/C17H24BrNO2/c1-3-6-19-17(11(2)12-4-5-12)13-9-15-16(10-14(13)18)21-8-7-20-15/h9-12,17,19H,3-8H2,1-2H3. The third-order valence-electron chi connectivity index (χ3n) is 4.50. The van der Waals surface area contributed by atoms with Crippen LogP contribution in [-0.2, 0) is 0 Å². The van der Waals surface area contributed by atoms with Crippen molar-refractivity contribution in [3.05, 3.63) is 22.2 Å². The molecule has 0 radical (unpaired) electrons. The molecule has 2 atom stereocenters. The number of benzene rings is 1. The number of fused-ring (bicyclic) bond motifs is 1. The van der Waals surface area contributed by atoms with Crippen LogP contribution in [0.25, 0.3) is 0 Å². The van der Waals surface area contributed by atoms with Crippen molar-refractivity contribution in [2.24, 2.45) is 11.8 Å². The number of hydrogen-bond donors (Lipinski definition) is 1. The van der Waals surface area contributed by atoms with E-state index in [9.17, 15) is 0 Å². The Bertz CT molecular complexity index is 502. The van der Waals surface area contributed by atoms with Crippen LogP contribution in [0.3, 0.4) is 0 Å². The van der Waals surface area contributed by atoms with Crippen LogP contribution in [0.1, 0.15) is 44.7 Å². The average Bonchev–Trinajstić information content (AvgIpc) is 3.32. The van der Waals surface area contributed by atoms with Crippen LogP contribution in [0.15, 0.2) is 16.6 Å². The van der Waals surface area contributed by atoms with Crippen LogP contribution in [0.5, 0.6) is 11.5 Å². The summed E-state index contributed by atoms with van der Waals surface area (Å²) in [5, 5.41) is 3.73. The molecule has 0 amide bonds. The number of nitrogens with one attached hydrogen (secondary N) is 1. The lowest BCUT2D eigenvalue weighted by atomic mass is 9.90. The molecule has 116 valence electrons. The molecule has 3 nitrogen and oxygen atoms in total. The molecule has 1 heterocycles. The first-order valence-electron chi connectivity index (χ1n) is 8.03. The largest absolute Gasteiger partial charge is 0.486 e. The number of ether oxygens (including phenoxy) is 2. The zero-order valence-electron chi connectivity index (χ0n) is 12.8. The van der Waals surface area contributed by atoms with E-state index < -0.39 is 0 Å². The Labute approximate surface area is 135 Å². The average molecular weight is 354 g/mol. The summed E-state index contributed by atoms with van der Waals surface area (Å²) in [6, 6.07) is 4.59. The van der Waals surface area contributed by atoms with E-state index in [2.05, 4.69) is 47.2 Å². The molecule has 2 unspecified atom stereocenters. The zero-order valence-corrected chi connectivity index (χ0v) is 14.4. The van der Waals surface area contributed by atoms with Gasteiger partial charge in [0.25, 0.3) is 0 Å². The molecular weight excluding hydrogens is 330 g/mol. The third-order valence-corrected chi connectivity index (χ3v) is 5.19. The molecule has 1 aliphatic carbocycles. The minimum atomic E-state index is 0.377. The van der Waals surface area contributed by atoms with Crippen molar-refractivity contribution in [3.8, 4) is 11.5 Å². The van der Waals surface area contributed by atoms with Gasteiger partial charge >= 0.3 is 0 Å². The summed E-state index contributed by atoms with van der Waals surface area (Å²) < 4.78 is 12.5. The molecule has 1 N–H and O–H groups in total. The van der Waals surface area contributed by atoms with Gasteiger partial charge in [-0.2, -0.15) is 0 Å². The van der Waals surface area contributed by atoms with E-state index in [-0.39, 0.29) is 0 Å². The van der Waals surface area contributed by atoms with E-state index in [4.69, 9.17) is 9.47 Å². The van der Waals surface area contributed by atoms with Gasteiger partial charge in [0.15, 0.2) is 11.5 Å². The summed E-state index contributed by atoms with van der Waals surface area (Å²) in [7, 11) is 0. The van der Waals surface area contributed by atoms with Crippen LogP contribution >= 0.6 is 15.9 Å². The Hall–Kier alpha value is -0.740. The van der Waals surface area contributed by atoms with E-state index >= 15 is 0 Å². The summed E-state index contributed by atoms with van der Waals surface area (Å²) in [6.07, 6.45) is 3.89. The first-order valence-corrected chi connectivity index (χ1v) is 8.82. The summed E-state index contributed by atoms with van der Waals surface area (Å²) >= 11 is 3.73. The summed E-state index contributed by atoms with van der Waals surface area (Å²) in [5.74, 6) is 3.24. The molecule has 0 bridgehead atoms. The number of hydrogen-bond acceptors (Lipinski definition) is 3. The first kappa shape index (κ1) is 15.2. The van der Waals surface area contributed by atoms with Crippen molar-refractivity contribution in [2.45, 2.75) is 39.2 Å². The second-order valence-electron chi connectivity index (χ2n) is 6.15. The summed E-state index contributed by atoms with van der Waals surface area (Å²) in [6.45, 7) is 6.90. The number of rotatable bonds is 6. The maximum absolute atomic E-state index is 5.76. The van der Waals surface area contributed by atoms with E-state index in [1.54, 1.807) is 0 Å². The van der Waals surface area contributed by atoms with Crippen molar-refractivity contribution in [1.29, 1.82) is 0 Å². The van der Waals surface area contributed by atoms with Crippen molar-refractivity contribution < 1.29 is 9.47 Å². The lowest BCUT2D eigenvalue weighted by molar-refractivity contribution is 0.171. The molecule has 0 aromatic heterocycles. The van der Waals surface area contributed by atoms with Gasteiger partial charge < -0.3 is 14.8 Å². The summed E-state index contributed by atoms with van der Waals surface area (Å²) in [5.41, 5.74) is 1.30. The van der Waals surface area contributed by atoms with Crippen LogP contribution in [0, 0.1) is 11.8 Å². The Balaban J connectivity index is 1.89. The molecule has 1 aromatic carbocycles. The lowest BCUT2D eigenvalue weighted by Crippen LogP contribution is -2.29. The maximum Gasteiger partial charge on any atom is 0.162 e. The van der Waals surface area contributed by atoms with E-state index in [0.717, 1.165) is 34.9 Å². The first-order chi connectivity index (χ1) is 10.2. The van der Waals surface area contributed by atoms with Gasteiger partial charge in [0.1, 0.15) is 13.2 Å². The van der Waals surface area contributed by atoms with Crippen molar-refractivity contribution >= 4 is 15.9 Å². The Morgan fingerprint density at radius 2 is 1.90 bits per heavy atom. The molecule has 3 rings (SSSR count). The van der Waals surface area contributed by atoms with Crippen LogP contribution in [0.2, 0.25) is 0 Å². The lowest BCUT2D eigenvalue weighted by Gasteiger charge is -2.28. The normalized spacial score (nSPS) is 20.1. The van der Waals surface area contributed by atoms with Gasteiger partial charge in [-0.05, 0) is 55.3 Å². The molecule has 1 fully saturated rings. The Morgan fingerprint density at radius 1 is 1.24 bits per heavy atom. The van der Waals surface area contributed by atoms with Gasteiger partial charge in [0.05, 0.1) is 0 Å². The van der Waals surface area contributed by atoms with Crippen LogP contribution in [-0.4, -0.2) is 19.8 Å². The molecule has 1 aromatic rings. The quantitative estimate of drug-likeness (QED) is 0.826. The topological polar surface area (TPSA) is 30.5 Å². The Morgan fingerprint density at radius 3 is 2.52 bits per heavy atom. The van der Waals surface area contributed by atoms with Crippen LogP contribution in [0.4, 0.5) is 0 Å². The van der Waals surface area contributed by atoms with Crippen molar-refractivity contribution in [2.75, 3.05) is 19.8 Å². The highest BCUT2D eigenvalue weighted by Crippen LogP contribution is 2.46. The monoisotopic (exact) mass is 353 g/mol. The predicted molar refractivity (Wildman–Crippen MR) is 88.1 cm³/mol. The zero-order chi connectivity index (χ0) is 14.8. The summed E-state index contributed by atoms with van der Waals surface area (Å²) in [4.78, 5) is 0. The molecule has 21 heavy (non-hydrogen) atoms. The second kappa shape index (κ2) is 6.57. The minimum Gasteiger partial charge on any atom is -0.486 e. The molecule has 0 saturated heterocycles. The van der Waals surface area contributed by atoms with Gasteiger partial charge in [-0.3, -0.25) is 0 Å². The van der Waals surface area contributed by atoms with Gasteiger partial charge in [-0.25, -0.2) is 0 Å². The van der Waals surface area contributed by atoms with Crippen molar-refractivity contribution in [1.82, 2.24) is 5.32 Å². The fourth-order valence-corrected chi connectivity index (χ4v) is 3.66. The number of halogens is 1. The molecule has 1 saturated carbocycles. The van der Waals surface area contributed by atoms with Crippen LogP contribution < -0.4 is 14.8 Å². The second-order valence-corrected chi connectivity index (χ2v) is 7.00. The molecule has 1 aliphatic heterocycles. The molecular formula is C17H24BrNO2. The fourth-order valence-electron chi connectivity index (χ4n) is 3.09. The molecule has 0 spiro atoms. The van der Waals surface area contributed by atoms with E-state index in [0.29, 0.717) is 25.2 Å². The highest BCUT2D eigenvalue weighted by molar-refractivity contribution is 9.10.